The summed E-state index contributed by atoms with van der Waals surface area (Å²) in [6.07, 6.45) is 1.73. The lowest BCUT2D eigenvalue weighted by Gasteiger charge is -2.06. The Labute approximate surface area is 119 Å². The number of aryl methyl sites for hydroxylation is 1. The Morgan fingerprint density at radius 1 is 1.32 bits per heavy atom. The van der Waals surface area contributed by atoms with Crippen LogP contribution in [0.15, 0.2) is 41.0 Å². The highest BCUT2D eigenvalue weighted by molar-refractivity contribution is 9.10. The molecule has 0 amide bonds. The third-order valence-electron chi connectivity index (χ3n) is 2.81. The zero-order valence-electron chi connectivity index (χ0n) is 10.4. The minimum absolute atomic E-state index is 0.402. The van der Waals surface area contributed by atoms with Gasteiger partial charge in [0.25, 0.3) is 0 Å². The number of para-hydroxylation sites is 1. The van der Waals surface area contributed by atoms with Crippen LogP contribution in [0, 0.1) is 6.92 Å². The van der Waals surface area contributed by atoms with Crippen LogP contribution in [0.2, 0.25) is 0 Å². The summed E-state index contributed by atoms with van der Waals surface area (Å²) < 4.78 is 6.68. The first kappa shape index (κ1) is 12.2. The van der Waals surface area contributed by atoms with Crippen molar-refractivity contribution < 1.29 is 4.74 Å². The zero-order valence-corrected chi connectivity index (χ0v) is 11.9. The molecule has 0 spiro atoms. The molecule has 0 fully saturated rings. The van der Waals surface area contributed by atoms with E-state index in [1.165, 1.54) is 0 Å². The highest BCUT2D eigenvalue weighted by Crippen LogP contribution is 2.19. The van der Waals surface area contributed by atoms with Gasteiger partial charge in [-0.25, -0.2) is 9.97 Å². The molecule has 0 radical (unpaired) electrons. The van der Waals surface area contributed by atoms with Gasteiger partial charge < -0.3 is 9.72 Å². The lowest BCUT2D eigenvalue weighted by atomic mass is 10.2. The number of fused-ring (bicyclic) bond motifs is 1. The fourth-order valence-electron chi connectivity index (χ4n) is 1.86. The van der Waals surface area contributed by atoms with E-state index in [2.05, 4.69) is 30.9 Å². The molecular formula is C14H12BrN3O. The van der Waals surface area contributed by atoms with Crippen LogP contribution < -0.4 is 4.74 Å². The largest absolute Gasteiger partial charge is 0.485 e. The number of hydrogen-bond donors (Lipinski definition) is 1. The van der Waals surface area contributed by atoms with Crippen molar-refractivity contribution in [3.63, 3.8) is 0 Å². The molecule has 2 aromatic heterocycles. The Kier molecular flexibility index (Phi) is 3.21. The number of aromatic nitrogens is 3. The van der Waals surface area contributed by atoms with Crippen LogP contribution >= 0.6 is 15.9 Å². The van der Waals surface area contributed by atoms with Gasteiger partial charge in [-0.05, 0) is 40.5 Å². The summed E-state index contributed by atoms with van der Waals surface area (Å²) >= 11 is 3.39. The first-order valence-electron chi connectivity index (χ1n) is 5.91. The maximum absolute atomic E-state index is 5.75. The van der Waals surface area contributed by atoms with Gasteiger partial charge in [0.1, 0.15) is 18.2 Å². The first-order valence-corrected chi connectivity index (χ1v) is 6.70. The van der Waals surface area contributed by atoms with E-state index in [0.29, 0.717) is 12.3 Å². The molecule has 4 nitrogen and oxygen atoms in total. The number of halogens is 1. The quantitative estimate of drug-likeness (QED) is 0.802. The van der Waals surface area contributed by atoms with Crippen molar-refractivity contribution in [2.75, 3.05) is 0 Å². The van der Waals surface area contributed by atoms with Gasteiger partial charge in [-0.3, -0.25) is 0 Å². The van der Waals surface area contributed by atoms with Crippen molar-refractivity contribution in [1.82, 2.24) is 15.0 Å². The predicted molar refractivity (Wildman–Crippen MR) is 77.1 cm³/mol. The van der Waals surface area contributed by atoms with Crippen molar-refractivity contribution in [3.05, 3.63) is 52.4 Å². The Morgan fingerprint density at radius 2 is 2.16 bits per heavy atom. The van der Waals surface area contributed by atoms with Gasteiger partial charge in [-0.2, -0.15) is 0 Å². The molecule has 0 aliphatic carbocycles. The number of ether oxygens (including phenoxy) is 1. The van der Waals surface area contributed by atoms with E-state index in [4.69, 9.17) is 4.74 Å². The average molecular weight is 318 g/mol. The number of pyridine rings is 1. The molecule has 0 saturated carbocycles. The number of nitrogens with one attached hydrogen (secondary N) is 1. The van der Waals surface area contributed by atoms with Gasteiger partial charge in [-0.1, -0.05) is 18.2 Å². The second kappa shape index (κ2) is 5.01. The SMILES string of the molecule is Cc1ccccc1OCc1nc2ncc(Br)cc2[nH]1. The lowest BCUT2D eigenvalue weighted by molar-refractivity contribution is 0.295. The van der Waals surface area contributed by atoms with Gasteiger partial charge in [0, 0.05) is 10.7 Å². The number of rotatable bonds is 3. The third kappa shape index (κ3) is 2.61. The number of imidazole rings is 1. The van der Waals surface area contributed by atoms with Gasteiger partial charge in [0.2, 0.25) is 0 Å². The Balaban J connectivity index is 1.80. The van der Waals surface area contributed by atoms with Crippen molar-refractivity contribution in [2.45, 2.75) is 13.5 Å². The Morgan fingerprint density at radius 3 is 3.00 bits per heavy atom. The van der Waals surface area contributed by atoms with Crippen LogP contribution in [-0.4, -0.2) is 15.0 Å². The summed E-state index contributed by atoms with van der Waals surface area (Å²) in [5, 5.41) is 0. The van der Waals surface area contributed by atoms with E-state index in [1.54, 1.807) is 6.20 Å². The summed E-state index contributed by atoms with van der Waals surface area (Å²) in [4.78, 5) is 11.8. The van der Waals surface area contributed by atoms with E-state index in [9.17, 15) is 0 Å². The fourth-order valence-corrected chi connectivity index (χ4v) is 2.19. The maximum Gasteiger partial charge on any atom is 0.177 e. The molecule has 0 aliphatic heterocycles. The highest BCUT2D eigenvalue weighted by Gasteiger charge is 2.06. The van der Waals surface area contributed by atoms with Crippen LogP contribution in [0.4, 0.5) is 0 Å². The molecule has 1 N–H and O–H groups in total. The average Bonchev–Trinajstić information content (AvgIpc) is 2.79. The lowest BCUT2D eigenvalue weighted by Crippen LogP contribution is -1.98. The van der Waals surface area contributed by atoms with E-state index in [-0.39, 0.29) is 0 Å². The van der Waals surface area contributed by atoms with E-state index in [0.717, 1.165) is 27.1 Å². The topological polar surface area (TPSA) is 50.8 Å². The van der Waals surface area contributed by atoms with Crippen molar-refractivity contribution in [1.29, 1.82) is 0 Å². The van der Waals surface area contributed by atoms with Crippen molar-refractivity contribution in [3.8, 4) is 5.75 Å². The van der Waals surface area contributed by atoms with Gasteiger partial charge in [0.15, 0.2) is 5.65 Å². The van der Waals surface area contributed by atoms with Crippen LogP contribution in [-0.2, 0) is 6.61 Å². The molecular weight excluding hydrogens is 306 g/mol. The van der Waals surface area contributed by atoms with Crippen LogP contribution in [0.3, 0.4) is 0 Å². The van der Waals surface area contributed by atoms with Gasteiger partial charge in [0.05, 0.1) is 5.52 Å². The first-order chi connectivity index (χ1) is 9.22. The number of H-pyrrole nitrogens is 1. The fraction of sp³-hybridized carbons (Fsp3) is 0.143. The third-order valence-corrected chi connectivity index (χ3v) is 3.24. The normalized spacial score (nSPS) is 10.8. The molecule has 0 unspecified atom stereocenters. The monoisotopic (exact) mass is 317 g/mol. The smallest absolute Gasteiger partial charge is 0.177 e. The molecule has 19 heavy (non-hydrogen) atoms. The van der Waals surface area contributed by atoms with Crippen LogP contribution in [0.25, 0.3) is 11.2 Å². The van der Waals surface area contributed by atoms with Crippen LogP contribution in [0.5, 0.6) is 5.75 Å². The molecule has 96 valence electrons. The van der Waals surface area contributed by atoms with Crippen molar-refractivity contribution in [2.24, 2.45) is 0 Å². The second-order valence-corrected chi connectivity index (χ2v) is 5.18. The molecule has 1 aromatic carbocycles. The summed E-state index contributed by atoms with van der Waals surface area (Å²) in [5.74, 6) is 1.64. The summed E-state index contributed by atoms with van der Waals surface area (Å²) in [6, 6.07) is 9.87. The van der Waals surface area contributed by atoms with E-state index < -0.39 is 0 Å². The highest BCUT2D eigenvalue weighted by atomic mass is 79.9. The molecule has 3 rings (SSSR count). The molecule has 0 saturated heterocycles. The van der Waals surface area contributed by atoms with Gasteiger partial charge in [-0.15, -0.1) is 0 Å². The standard InChI is InChI=1S/C14H12BrN3O/c1-9-4-2-3-5-12(9)19-8-13-17-11-6-10(15)7-16-14(11)18-13/h2-7H,8H2,1H3,(H,16,17,18). The summed E-state index contributed by atoms with van der Waals surface area (Å²) in [6.45, 7) is 2.42. The number of hydrogen-bond acceptors (Lipinski definition) is 3. The molecule has 0 atom stereocenters. The predicted octanol–water partition coefficient (Wildman–Crippen LogP) is 3.61. The Hall–Kier alpha value is -1.88. The summed E-state index contributed by atoms with van der Waals surface area (Å²) in [7, 11) is 0. The number of aromatic amines is 1. The minimum atomic E-state index is 0.402. The van der Waals surface area contributed by atoms with Crippen molar-refractivity contribution >= 4 is 27.1 Å². The van der Waals surface area contributed by atoms with E-state index >= 15 is 0 Å². The summed E-state index contributed by atoms with van der Waals surface area (Å²) in [5.41, 5.74) is 2.71. The Bertz CT molecular complexity index is 724. The molecule has 0 bridgehead atoms. The minimum Gasteiger partial charge on any atom is -0.485 e. The molecule has 3 aromatic rings. The molecule has 5 heteroatoms. The second-order valence-electron chi connectivity index (χ2n) is 4.26. The number of nitrogens with zero attached hydrogens (tertiary/aromatic N) is 2. The number of benzene rings is 1. The molecule has 2 heterocycles. The van der Waals surface area contributed by atoms with Crippen LogP contribution in [0.1, 0.15) is 11.4 Å². The van der Waals surface area contributed by atoms with Gasteiger partial charge >= 0.3 is 0 Å². The molecule has 0 aliphatic rings. The van der Waals surface area contributed by atoms with E-state index in [1.807, 2.05) is 37.3 Å². The zero-order chi connectivity index (χ0) is 13.2. The maximum atomic E-state index is 5.75.